The summed E-state index contributed by atoms with van der Waals surface area (Å²) < 4.78 is 8.40. The van der Waals surface area contributed by atoms with E-state index < -0.39 is 0 Å². The lowest BCUT2D eigenvalue weighted by Gasteiger charge is -2.21. The molecule has 0 aliphatic carbocycles. The zero-order valence-corrected chi connectivity index (χ0v) is 16.4. The highest BCUT2D eigenvalue weighted by Crippen LogP contribution is 2.38. The maximum absolute atomic E-state index is 11.3. The molecule has 25 heavy (non-hydrogen) atoms. The van der Waals surface area contributed by atoms with Crippen molar-refractivity contribution < 1.29 is 9.53 Å². The summed E-state index contributed by atoms with van der Waals surface area (Å²) in [7, 11) is 0. The van der Waals surface area contributed by atoms with Crippen LogP contribution < -0.4 is 10.0 Å². The van der Waals surface area contributed by atoms with Crippen LogP contribution in [0.5, 0.6) is 0 Å². The molecule has 0 fully saturated rings. The van der Waals surface area contributed by atoms with Crippen LogP contribution in [0.25, 0.3) is 0 Å². The van der Waals surface area contributed by atoms with E-state index in [9.17, 15) is 4.79 Å². The normalized spacial score (nSPS) is 16.8. The van der Waals surface area contributed by atoms with Gasteiger partial charge in [-0.25, -0.2) is 0 Å². The fourth-order valence-corrected chi connectivity index (χ4v) is 3.71. The fraction of sp³-hybridized carbons (Fsp3) is 0.550. The Labute approximate surface area is 155 Å². The zero-order chi connectivity index (χ0) is 18.1. The Bertz CT molecular complexity index is 601. The molecule has 1 unspecified atom stereocenters. The van der Waals surface area contributed by atoms with Crippen molar-refractivity contribution in [1.82, 2.24) is 5.32 Å². The third-order valence-corrected chi connectivity index (χ3v) is 5.49. The third kappa shape index (κ3) is 6.08. The van der Waals surface area contributed by atoms with Gasteiger partial charge < -0.3 is 14.8 Å². The molecule has 1 aromatic carbocycles. The summed E-state index contributed by atoms with van der Waals surface area (Å²) in [6, 6.07) is 8.77. The molecule has 2 rings (SSSR count). The molecule has 0 radical (unpaired) electrons. The Balaban J connectivity index is 1.77. The molecule has 1 heterocycles. The minimum atomic E-state index is -0.0723. The molecular formula is C20H30N2O2S. The van der Waals surface area contributed by atoms with E-state index in [0.29, 0.717) is 13.0 Å². The molecule has 1 aromatic rings. The highest BCUT2D eigenvalue weighted by molar-refractivity contribution is 8.04. The van der Waals surface area contributed by atoms with Crippen molar-refractivity contribution in [2.45, 2.75) is 58.9 Å². The average Bonchev–Trinajstić information content (AvgIpc) is 2.73. The second kappa shape index (κ2) is 10.5. The number of benzene rings is 1. The Morgan fingerprint density at radius 2 is 1.96 bits per heavy atom. The molecule has 1 aliphatic rings. The summed E-state index contributed by atoms with van der Waals surface area (Å²) in [5.41, 5.74) is 3.88. The van der Waals surface area contributed by atoms with E-state index in [1.54, 1.807) is 11.9 Å². The number of ether oxygens (including phenoxy) is 1. The van der Waals surface area contributed by atoms with Crippen LogP contribution in [0.1, 0.15) is 64.5 Å². The Hall–Kier alpha value is -1.46. The zero-order valence-electron chi connectivity index (χ0n) is 15.6. The van der Waals surface area contributed by atoms with Gasteiger partial charge in [-0.15, -0.1) is 0 Å². The number of carbonyl (C=O) groups is 1. The van der Waals surface area contributed by atoms with Crippen LogP contribution in [0.15, 0.2) is 34.7 Å². The first-order chi connectivity index (χ1) is 12.1. The van der Waals surface area contributed by atoms with Crippen LogP contribution in [0.4, 0.5) is 5.69 Å². The second-order valence-corrected chi connectivity index (χ2v) is 7.41. The standard InChI is InChI=1S/C20H30N2O2S/c1-4-24-19(23)13-7-5-6-10-14-21-20-15(2)16(3)25-22-18-12-9-8-11-17(18)20/h8-9,11-12,20-22H,4-7,10,13-14H2,1-3H3. The summed E-state index contributed by atoms with van der Waals surface area (Å²) >= 11 is 1.70. The van der Waals surface area contributed by atoms with E-state index >= 15 is 0 Å². The number of anilines is 1. The molecule has 1 atom stereocenters. The van der Waals surface area contributed by atoms with Crippen LogP contribution in [0.2, 0.25) is 0 Å². The molecular weight excluding hydrogens is 332 g/mol. The maximum Gasteiger partial charge on any atom is 0.305 e. The summed E-state index contributed by atoms with van der Waals surface area (Å²) in [6.45, 7) is 7.69. The molecule has 0 saturated heterocycles. The Kier molecular flexibility index (Phi) is 8.35. The highest BCUT2D eigenvalue weighted by atomic mass is 32.2. The number of hydrogen-bond acceptors (Lipinski definition) is 5. The monoisotopic (exact) mass is 362 g/mol. The number of allylic oxidation sites excluding steroid dienone is 1. The summed E-state index contributed by atoms with van der Waals surface area (Å²) in [5.74, 6) is -0.0723. The largest absolute Gasteiger partial charge is 0.466 e. The molecule has 0 spiro atoms. The van der Waals surface area contributed by atoms with E-state index in [-0.39, 0.29) is 12.0 Å². The van der Waals surface area contributed by atoms with Gasteiger partial charge in [0.15, 0.2) is 0 Å². The molecule has 0 amide bonds. The smallest absolute Gasteiger partial charge is 0.305 e. The van der Waals surface area contributed by atoms with Gasteiger partial charge >= 0.3 is 5.97 Å². The molecule has 2 N–H and O–H groups in total. The number of carbonyl (C=O) groups excluding carboxylic acids is 1. The predicted octanol–water partition coefficient (Wildman–Crippen LogP) is 5.20. The van der Waals surface area contributed by atoms with Crippen molar-refractivity contribution in [2.75, 3.05) is 17.9 Å². The van der Waals surface area contributed by atoms with Crippen LogP contribution >= 0.6 is 11.9 Å². The highest BCUT2D eigenvalue weighted by Gasteiger charge is 2.21. The van der Waals surface area contributed by atoms with Gasteiger partial charge in [0.1, 0.15) is 0 Å². The fourth-order valence-electron chi connectivity index (χ4n) is 2.98. The van der Waals surface area contributed by atoms with E-state index in [4.69, 9.17) is 4.74 Å². The van der Waals surface area contributed by atoms with Crippen LogP contribution in [-0.4, -0.2) is 19.1 Å². The number of rotatable bonds is 9. The van der Waals surface area contributed by atoms with Crippen LogP contribution in [0.3, 0.4) is 0 Å². The quantitative estimate of drug-likeness (QED) is 0.359. The Morgan fingerprint density at radius 3 is 2.76 bits per heavy atom. The number of esters is 1. The van der Waals surface area contributed by atoms with Gasteiger partial charge in [0.05, 0.1) is 12.6 Å². The van der Waals surface area contributed by atoms with E-state index in [0.717, 1.165) is 32.2 Å². The van der Waals surface area contributed by atoms with Gasteiger partial charge in [0, 0.05) is 17.0 Å². The topological polar surface area (TPSA) is 50.4 Å². The number of hydrogen-bond donors (Lipinski definition) is 2. The van der Waals surface area contributed by atoms with Crippen molar-refractivity contribution >= 4 is 23.6 Å². The van der Waals surface area contributed by atoms with Gasteiger partial charge in [-0.3, -0.25) is 4.79 Å². The van der Waals surface area contributed by atoms with Crippen LogP contribution in [-0.2, 0) is 9.53 Å². The van der Waals surface area contributed by atoms with Crippen molar-refractivity contribution in [3.63, 3.8) is 0 Å². The van der Waals surface area contributed by atoms with Gasteiger partial charge in [-0.1, -0.05) is 31.0 Å². The molecule has 4 nitrogen and oxygen atoms in total. The average molecular weight is 363 g/mol. The molecule has 0 aromatic heterocycles. The van der Waals surface area contributed by atoms with E-state index in [1.165, 1.54) is 21.7 Å². The molecule has 1 aliphatic heterocycles. The lowest BCUT2D eigenvalue weighted by molar-refractivity contribution is -0.143. The molecule has 0 bridgehead atoms. The van der Waals surface area contributed by atoms with Crippen molar-refractivity contribution in [2.24, 2.45) is 0 Å². The van der Waals surface area contributed by atoms with Crippen molar-refractivity contribution in [3.8, 4) is 0 Å². The number of fused-ring (bicyclic) bond motifs is 1. The SMILES string of the molecule is CCOC(=O)CCCCCCNC1C(C)=C(C)SNc2ccccc21. The lowest BCUT2D eigenvalue weighted by atomic mass is 9.97. The summed E-state index contributed by atoms with van der Waals surface area (Å²) in [6.07, 6.45) is 4.79. The lowest BCUT2D eigenvalue weighted by Crippen LogP contribution is -2.24. The summed E-state index contributed by atoms with van der Waals surface area (Å²) in [5, 5.41) is 3.72. The van der Waals surface area contributed by atoms with E-state index in [2.05, 4.69) is 48.2 Å². The van der Waals surface area contributed by atoms with Crippen molar-refractivity contribution in [3.05, 3.63) is 40.3 Å². The predicted molar refractivity (Wildman–Crippen MR) is 106 cm³/mol. The van der Waals surface area contributed by atoms with Gasteiger partial charge in [0.25, 0.3) is 0 Å². The number of nitrogens with one attached hydrogen (secondary N) is 2. The first kappa shape index (κ1) is 19.9. The Morgan fingerprint density at radius 1 is 1.20 bits per heavy atom. The van der Waals surface area contributed by atoms with Crippen LogP contribution in [0, 0.1) is 0 Å². The second-order valence-electron chi connectivity index (χ2n) is 6.39. The summed E-state index contributed by atoms with van der Waals surface area (Å²) in [4.78, 5) is 12.6. The minimum absolute atomic E-state index is 0.0723. The third-order valence-electron chi connectivity index (χ3n) is 4.54. The van der Waals surface area contributed by atoms with Gasteiger partial charge in [-0.2, -0.15) is 0 Å². The van der Waals surface area contributed by atoms with E-state index in [1.807, 2.05) is 6.92 Å². The first-order valence-corrected chi connectivity index (χ1v) is 10.0. The van der Waals surface area contributed by atoms with Gasteiger partial charge in [-0.05, 0) is 69.3 Å². The maximum atomic E-state index is 11.3. The van der Waals surface area contributed by atoms with Crippen molar-refractivity contribution in [1.29, 1.82) is 0 Å². The minimum Gasteiger partial charge on any atom is -0.466 e. The van der Waals surface area contributed by atoms with Gasteiger partial charge in [0.2, 0.25) is 0 Å². The number of para-hydroxylation sites is 1. The molecule has 0 saturated carbocycles. The number of unbranched alkanes of at least 4 members (excludes halogenated alkanes) is 3. The molecule has 5 heteroatoms. The molecule has 138 valence electrons. The first-order valence-electron chi connectivity index (χ1n) is 9.21.